The first kappa shape index (κ1) is 20.6. The average molecular weight is 415 g/mol. The van der Waals surface area contributed by atoms with Crippen molar-refractivity contribution in [2.75, 3.05) is 27.2 Å². The summed E-state index contributed by atoms with van der Waals surface area (Å²) in [5.41, 5.74) is 2.91. The van der Waals surface area contributed by atoms with Crippen LogP contribution in [0.5, 0.6) is 0 Å². The van der Waals surface area contributed by atoms with Crippen LogP contribution in [0.1, 0.15) is 82.1 Å². The Morgan fingerprint density at radius 2 is 1.13 bits per heavy atom. The molecule has 0 spiro atoms. The van der Waals surface area contributed by atoms with Gasteiger partial charge in [0.05, 0.1) is 0 Å². The van der Waals surface area contributed by atoms with Crippen LogP contribution >= 0.6 is 0 Å². The van der Waals surface area contributed by atoms with Crippen molar-refractivity contribution in [1.82, 2.24) is 20.1 Å². The molecule has 0 bridgehead atoms. The predicted octanol–water partition coefficient (Wildman–Crippen LogP) is 3.04. The van der Waals surface area contributed by atoms with E-state index in [0.29, 0.717) is 24.5 Å². The second kappa shape index (κ2) is 9.02. The Hall–Kier alpha value is -2.64. The first-order valence-corrected chi connectivity index (χ1v) is 11.0. The molecule has 2 aromatic rings. The molecule has 2 amide bonds. The van der Waals surface area contributed by atoms with Gasteiger partial charge in [-0.2, -0.15) is 0 Å². The Morgan fingerprint density at radius 1 is 0.733 bits per heavy atom. The summed E-state index contributed by atoms with van der Waals surface area (Å²) in [7, 11) is 3.59. The van der Waals surface area contributed by atoms with E-state index in [9.17, 15) is 9.59 Å². The summed E-state index contributed by atoms with van der Waals surface area (Å²) >= 11 is 0. The minimum absolute atomic E-state index is 0.0828. The van der Waals surface area contributed by atoms with Gasteiger partial charge < -0.3 is 18.8 Å². The van der Waals surface area contributed by atoms with E-state index < -0.39 is 0 Å². The van der Waals surface area contributed by atoms with Crippen LogP contribution in [0.25, 0.3) is 0 Å². The fraction of sp³-hybridized carbons (Fsp3) is 0.636. The van der Waals surface area contributed by atoms with Gasteiger partial charge in [-0.3, -0.25) is 9.59 Å². The highest BCUT2D eigenvalue weighted by Gasteiger charge is 2.27. The van der Waals surface area contributed by atoms with Crippen molar-refractivity contribution in [2.24, 2.45) is 0 Å². The van der Waals surface area contributed by atoms with Crippen LogP contribution in [0.3, 0.4) is 0 Å². The quantitative estimate of drug-likeness (QED) is 0.647. The summed E-state index contributed by atoms with van der Waals surface area (Å²) in [6.07, 6.45) is 9.42. The smallest absolute Gasteiger partial charge is 0.276 e. The maximum Gasteiger partial charge on any atom is 0.276 e. The van der Waals surface area contributed by atoms with E-state index in [4.69, 9.17) is 9.05 Å². The van der Waals surface area contributed by atoms with Crippen LogP contribution in [0.15, 0.2) is 9.05 Å². The molecule has 0 saturated heterocycles. The van der Waals surface area contributed by atoms with E-state index in [2.05, 4.69) is 10.3 Å². The maximum atomic E-state index is 12.7. The number of fused-ring (bicyclic) bond motifs is 2. The van der Waals surface area contributed by atoms with Gasteiger partial charge in [-0.1, -0.05) is 10.3 Å². The third-order valence-electron chi connectivity index (χ3n) is 6.24. The minimum Gasteiger partial charge on any atom is -0.360 e. The zero-order valence-corrected chi connectivity index (χ0v) is 17.9. The van der Waals surface area contributed by atoms with E-state index in [0.717, 1.165) is 86.9 Å². The average Bonchev–Trinajstić information content (AvgIpc) is 3.39. The molecule has 0 fully saturated rings. The van der Waals surface area contributed by atoms with Gasteiger partial charge in [0.15, 0.2) is 11.4 Å². The molecule has 0 aromatic carbocycles. The summed E-state index contributed by atoms with van der Waals surface area (Å²) in [5.74, 6) is 1.57. The lowest BCUT2D eigenvalue weighted by atomic mass is 9.96. The van der Waals surface area contributed by atoms with Crippen molar-refractivity contribution in [2.45, 2.75) is 64.2 Å². The van der Waals surface area contributed by atoms with E-state index in [-0.39, 0.29) is 11.8 Å². The highest BCUT2D eigenvalue weighted by molar-refractivity contribution is 5.94. The first-order valence-electron chi connectivity index (χ1n) is 11.0. The molecule has 2 aromatic heterocycles. The predicted molar refractivity (Wildman–Crippen MR) is 109 cm³/mol. The van der Waals surface area contributed by atoms with Crippen molar-refractivity contribution < 1.29 is 18.6 Å². The minimum atomic E-state index is -0.0828. The normalized spacial score (nSPS) is 15.4. The number of rotatable bonds is 7. The molecule has 4 rings (SSSR count). The number of amides is 2. The monoisotopic (exact) mass is 414 g/mol. The summed E-state index contributed by atoms with van der Waals surface area (Å²) < 4.78 is 10.7. The van der Waals surface area contributed by atoms with Gasteiger partial charge in [-0.25, -0.2) is 0 Å². The molecule has 0 radical (unpaired) electrons. The van der Waals surface area contributed by atoms with Gasteiger partial charge in [0.25, 0.3) is 11.8 Å². The van der Waals surface area contributed by atoms with Crippen molar-refractivity contribution in [3.63, 3.8) is 0 Å². The van der Waals surface area contributed by atoms with Gasteiger partial charge in [0, 0.05) is 51.2 Å². The Balaban J connectivity index is 1.24. The lowest BCUT2D eigenvalue weighted by Crippen LogP contribution is -2.31. The topological polar surface area (TPSA) is 92.7 Å². The SMILES string of the molecule is CN(CCCCN(C)C(=O)c1noc2c1CCCC2)C(=O)c1noc2c1CCCC2. The molecule has 0 unspecified atom stereocenters. The molecule has 8 nitrogen and oxygen atoms in total. The second-order valence-corrected chi connectivity index (χ2v) is 8.44. The largest absolute Gasteiger partial charge is 0.360 e. The van der Waals surface area contributed by atoms with E-state index >= 15 is 0 Å². The fourth-order valence-electron chi connectivity index (χ4n) is 4.37. The van der Waals surface area contributed by atoms with E-state index in [1.807, 2.05) is 0 Å². The molecule has 8 heteroatoms. The highest BCUT2D eigenvalue weighted by Crippen LogP contribution is 2.26. The third kappa shape index (κ3) is 4.13. The second-order valence-electron chi connectivity index (χ2n) is 8.44. The molecule has 2 aliphatic rings. The van der Waals surface area contributed by atoms with Crippen molar-refractivity contribution in [3.05, 3.63) is 34.0 Å². The molecule has 0 aliphatic heterocycles. The number of carbonyl (C=O) groups excluding carboxylic acids is 2. The summed E-state index contributed by atoms with van der Waals surface area (Å²) in [5, 5.41) is 8.05. The number of hydrogen-bond donors (Lipinski definition) is 0. The lowest BCUT2D eigenvalue weighted by Gasteiger charge is -2.19. The first-order chi connectivity index (χ1) is 14.6. The number of unbranched alkanes of at least 4 members (excludes halogenated alkanes) is 1. The maximum absolute atomic E-state index is 12.7. The summed E-state index contributed by atoms with van der Waals surface area (Å²) in [6.45, 7) is 1.23. The van der Waals surface area contributed by atoms with Crippen LogP contribution in [-0.4, -0.2) is 59.1 Å². The van der Waals surface area contributed by atoms with Crippen LogP contribution in [0, 0.1) is 0 Å². The van der Waals surface area contributed by atoms with Crippen molar-refractivity contribution in [1.29, 1.82) is 0 Å². The van der Waals surface area contributed by atoms with Crippen molar-refractivity contribution >= 4 is 11.8 Å². The van der Waals surface area contributed by atoms with E-state index in [1.165, 1.54) is 0 Å². The number of aromatic nitrogens is 2. The lowest BCUT2D eigenvalue weighted by molar-refractivity contribution is 0.0755. The third-order valence-corrected chi connectivity index (χ3v) is 6.24. The van der Waals surface area contributed by atoms with Gasteiger partial charge in [0.2, 0.25) is 0 Å². The number of hydrogen-bond acceptors (Lipinski definition) is 6. The summed E-state index contributed by atoms with van der Waals surface area (Å²) in [6, 6.07) is 0. The zero-order chi connectivity index (χ0) is 21.1. The zero-order valence-electron chi connectivity index (χ0n) is 17.9. The Bertz CT molecular complexity index is 842. The molecule has 162 valence electrons. The summed E-state index contributed by atoms with van der Waals surface area (Å²) in [4.78, 5) is 28.8. The van der Waals surface area contributed by atoms with Crippen LogP contribution in [0.4, 0.5) is 0 Å². The number of aryl methyl sites for hydroxylation is 2. The van der Waals surface area contributed by atoms with Gasteiger partial charge in [-0.05, 0) is 51.4 Å². The van der Waals surface area contributed by atoms with Gasteiger partial charge in [0.1, 0.15) is 11.5 Å². The highest BCUT2D eigenvalue weighted by atomic mass is 16.5. The molecular weight excluding hydrogens is 384 g/mol. The fourth-order valence-corrected chi connectivity index (χ4v) is 4.37. The molecule has 2 aliphatic carbocycles. The van der Waals surface area contributed by atoms with Gasteiger partial charge >= 0.3 is 0 Å². The van der Waals surface area contributed by atoms with Crippen LogP contribution in [-0.2, 0) is 25.7 Å². The van der Waals surface area contributed by atoms with Crippen LogP contribution in [0.2, 0.25) is 0 Å². The molecule has 0 saturated carbocycles. The van der Waals surface area contributed by atoms with Crippen LogP contribution < -0.4 is 0 Å². The Morgan fingerprint density at radius 3 is 1.57 bits per heavy atom. The Kier molecular flexibility index (Phi) is 6.20. The number of carbonyl (C=O) groups is 2. The van der Waals surface area contributed by atoms with E-state index in [1.54, 1.807) is 23.9 Å². The standard InChI is InChI=1S/C22H30N4O4/c1-25(21(27)19-15-9-3-5-11-17(15)29-23-19)13-7-8-14-26(2)22(28)20-16-10-4-6-12-18(16)30-24-20/h3-14H2,1-2H3. The number of nitrogens with zero attached hydrogens (tertiary/aromatic N) is 4. The van der Waals surface area contributed by atoms with Gasteiger partial charge in [-0.15, -0.1) is 0 Å². The molecule has 0 N–H and O–H groups in total. The Labute approximate surface area is 176 Å². The molecular formula is C22H30N4O4. The van der Waals surface area contributed by atoms with Crippen molar-refractivity contribution in [3.8, 4) is 0 Å². The molecule has 30 heavy (non-hydrogen) atoms. The molecule has 2 heterocycles. The molecule has 0 atom stereocenters.